The van der Waals surface area contributed by atoms with Crippen LogP contribution in [0.3, 0.4) is 0 Å². The highest BCUT2D eigenvalue weighted by Crippen LogP contribution is 2.41. The molecule has 3 aromatic rings. The van der Waals surface area contributed by atoms with Crippen LogP contribution in [0.15, 0.2) is 66.7 Å². The highest BCUT2D eigenvalue weighted by Gasteiger charge is 2.33. The Morgan fingerprint density at radius 2 is 1.81 bits per heavy atom. The second-order valence-corrected chi connectivity index (χ2v) is 7.99. The second-order valence-electron chi connectivity index (χ2n) is 7.99. The highest BCUT2D eigenvalue weighted by atomic mass is 19.1. The Hall–Kier alpha value is -2.99. The molecule has 1 aliphatic rings. The molecule has 0 bridgehead atoms. The Balaban J connectivity index is 1.76. The molecular formula is C25H27F2N3O. The van der Waals surface area contributed by atoms with Gasteiger partial charge in [-0.2, -0.15) is 0 Å². The van der Waals surface area contributed by atoms with Gasteiger partial charge in [0, 0.05) is 18.8 Å². The maximum absolute atomic E-state index is 13.4. The summed E-state index contributed by atoms with van der Waals surface area (Å²) in [5.41, 5.74) is 5.40. The lowest BCUT2D eigenvalue weighted by Crippen LogP contribution is -2.46. The molecule has 4 nitrogen and oxygen atoms in total. The quantitative estimate of drug-likeness (QED) is 0.595. The maximum atomic E-state index is 13.4. The third kappa shape index (κ3) is 4.69. The number of para-hydroxylation sites is 2. The van der Waals surface area contributed by atoms with Crippen LogP contribution in [0.1, 0.15) is 28.6 Å². The normalized spacial score (nSPS) is 16.8. The van der Waals surface area contributed by atoms with E-state index in [-0.39, 0.29) is 12.6 Å². The number of benzene rings is 2. The van der Waals surface area contributed by atoms with Crippen LogP contribution in [0.5, 0.6) is 0 Å². The summed E-state index contributed by atoms with van der Waals surface area (Å²) in [6, 6.07) is 21.2. The van der Waals surface area contributed by atoms with E-state index in [1.54, 1.807) is 6.07 Å². The number of aliphatic hydroxyl groups is 1. The van der Waals surface area contributed by atoms with Crippen LogP contribution in [-0.2, 0) is 13.2 Å². The molecule has 1 aliphatic heterocycles. The van der Waals surface area contributed by atoms with E-state index < -0.39 is 19.5 Å². The monoisotopic (exact) mass is 423 g/mol. The van der Waals surface area contributed by atoms with Crippen molar-refractivity contribution in [2.24, 2.45) is 0 Å². The van der Waals surface area contributed by atoms with Crippen molar-refractivity contribution in [2.45, 2.75) is 32.3 Å². The van der Waals surface area contributed by atoms with Crippen LogP contribution >= 0.6 is 0 Å². The summed E-state index contributed by atoms with van der Waals surface area (Å²) in [4.78, 5) is 8.94. The van der Waals surface area contributed by atoms with Crippen LogP contribution < -0.4 is 9.80 Å². The van der Waals surface area contributed by atoms with Crippen LogP contribution in [0, 0.1) is 6.92 Å². The number of anilines is 2. The predicted octanol–water partition coefficient (Wildman–Crippen LogP) is 4.76. The number of pyridine rings is 1. The van der Waals surface area contributed by atoms with Crippen molar-refractivity contribution >= 4 is 11.4 Å². The van der Waals surface area contributed by atoms with Gasteiger partial charge >= 0.3 is 0 Å². The van der Waals surface area contributed by atoms with Crippen molar-refractivity contribution in [3.05, 3.63) is 89.2 Å². The molecule has 0 aliphatic carbocycles. The van der Waals surface area contributed by atoms with Gasteiger partial charge in [-0.3, -0.25) is 4.98 Å². The van der Waals surface area contributed by atoms with Gasteiger partial charge in [0.2, 0.25) is 0 Å². The van der Waals surface area contributed by atoms with E-state index in [4.69, 9.17) is 0 Å². The average molecular weight is 424 g/mol. The molecule has 2 atom stereocenters. The van der Waals surface area contributed by atoms with E-state index in [2.05, 4.69) is 9.88 Å². The summed E-state index contributed by atoms with van der Waals surface area (Å²) < 4.78 is 26.6. The second kappa shape index (κ2) is 9.43. The molecule has 2 heterocycles. The molecular weight excluding hydrogens is 396 g/mol. The lowest BCUT2D eigenvalue weighted by Gasteiger charge is -2.45. The fraction of sp³-hybridized carbons (Fsp3) is 0.320. The number of aliphatic hydroxyl groups excluding tert-OH is 1. The van der Waals surface area contributed by atoms with E-state index >= 15 is 0 Å². The summed E-state index contributed by atoms with van der Waals surface area (Å²) in [5, 5.41) is 10.1. The first-order valence-corrected chi connectivity index (χ1v) is 10.5. The smallest absolute Gasteiger partial charge is 0.117 e. The lowest BCUT2D eigenvalue weighted by molar-refractivity contribution is 0.142. The Bertz CT molecular complexity index is 1030. The van der Waals surface area contributed by atoms with Gasteiger partial charge in [0.05, 0.1) is 35.8 Å². The number of aryl methyl sites for hydroxylation is 1. The van der Waals surface area contributed by atoms with Gasteiger partial charge in [-0.15, -0.1) is 0 Å². The number of halogens is 2. The Morgan fingerprint density at radius 3 is 2.55 bits per heavy atom. The van der Waals surface area contributed by atoms with E-state index in [0.29, 0.717) is 18.7 Å². The molecule has 0 unspecified atom stereocenters. The summed E-state index contributed by atoms with van der Waals surface area (Å²) in [6.07, 6.45) is -1.09. The molecule has 2 aromatic carbocycles. The first kappa shape index (κ1) is 21.2. The largest absolute Gasteiger partial charge is 0.389 e. The van der Waals surface area contributed by atoms with Gasteiger partial charge in [0.15, 0.2) is 0 Å². The molecule has 6 heteroatoms. The molecule has 162 valence electrons. The third-order valence-electron chi connectivity index (χ3n) is 5.68. The molecule has 0 fully saturated rings. The Morgan fingerprint density at radius 1 is 1.03 bits per heavy atom. The number of alkyl halides is 2. The number of hydrogen-bond donors (Lipinski definition) is 1. The molecule has 4 rings (SSSR count). The maximum Gasteiger partial charge on any atom is 0.117 e. The zero-order chi connectivity index (χ0) is 21.8. The van der Waals surface area contributed by atoms with Crippen LogP contribution in [0.25, 0.3) is 0 Å². The van der Waals surface area contributed by atoms with E-state index in [0.717, 1.165) is 28.3 Å². The van der Waals surface area contributed by atoms with Gasteiger partial charge in [-0.05, 0) is 42.3 Å². The zero-order valence-corrected chi connectivity index (χ0v) is 17.6. The minimum absolute atomic E-state index is 0.160. The first-order valence-electron chi connectivity index (χ1n) is 10.5. The van der Waals surface area contributed by atoms with Crippen LogP contribution in [-0.4, -0.2) is 36.0 Å². The number of hydrogen-bond acceptors (Lipinski definition) is 4. The molecule has 0 amide bonds. The molecule has 0 radical (unpaired) electrons. The first-order chi connectivity index (χ1) is 15.1. The van der Waals surface area contributed by atoms with Gasteiger partial charge in [-0.25, -0.2) is 8.78 Å². The standard InChI is InChI=1S/C25H27F2N3O/c1-18-6-4-9-21(28-18)15-29-17-25(20-8-5-7-19(12-20)13-26)30(16-22(31)14-27)24-11-3-2-10-23(24)29/h2-12,22,25,31H,13-17H2,1H3/t22-,25-/m0/s1. The SMILES string of the molecule is Cc1cccc(CN2C[C@@H](c3cccc(CF)c3)N(C[C@@H](O)CF)c3ccccc32)n1. The van der Waals surface area contributed by atoms with E-state index in [1.165, 1.54) is 0 Å². The molecule has 0 saturated carbocycles. The van der Waals surface area contributed by atoms with Crippen molar-refractivity contribution in [2.75, 3.05) is 29.6 Å². The molecule has 1 aromatic heterocycles. The summed E-state index contributed by atoms with van der Waals surface area (Å²) >= 11 is 0. The Labute approximate surface area is 181 Å². The topological polar surface area (TPSA) is 39.6 Å². The number of β-amino-alcohol motifs (C(OH)–C–C–N with tert-alkyl or cyclic N) is 1. The fourth-order valence-corrected chi connectivity index (χ4v) is 4.25. The fourth-order valence-electron chi connectivity index (χ4n) is 4.25. The van der Waals surface area contributed by atoms with E-state index in [9.17, 15) is 13.9 Å². The number of fused-ring (bicyclic) bond motifs is 1. The van der Waals surface area contributed by atoms with Crippen molar-refractivity contribution in [3.8, 4) is 0 Å². The summed E-state index contributed by atoms with van der Waals surface area (Å²) in [5.74, 6) is 0. The van der Waals surface area contributed by atoms with Gasteiger partial charge in [-0.1, -0.05) is 42.5 Å². The van der Waals surface area contributed by atoms with Crippen LogP contribution in [0.4, 0.5) is 20.2 Å². The third-order valence-corrected chi connectivity index (χ3v) is 5.68. The van der Waals surface area contributed by atoms with Gasteiger partial charge < -0.3 is 14.9 Å². The average Bonchev–Trinajstić information content (AvgIpc) is 2.80. The lowest BCUT2D eigenvalue weighted by atomic mass is 9.97. The molecule has 0 spiro atoms. The van der Waals surface area contributed by atoms with Crippen molar-refractivity contribution in [1.82, 2.24) is 4.98 Å². The summed E-state index contributed by atoms with van der Waals surface area (Å²) in [6.45, 7) is 2.01. The molecule has 1 N–H and O–H groups in total. The molecule has 0 saturated heterocycles. The van der Waals surface area contributed by atoms with Gasteiger partial charge in [0.25, 0.3) is 0 Å². The number of aromatic nitrogens is 1. The van der Waals surface area contributed by atoms with Crippen molar-refractivity contribution < 1.29 is 13.9 Å². The Kier molecular flexibility index (Phi) is 6.47. The van der Waals surface area contributed by atoms with Gasteiger partial charge in [0.1, 0.15) is 13.3 Å². The number of nitrogens with zero attached hydrogens (tertiary/aromatic N) is 3. The zero-order valence-electron chi connectivity index (χ0n) is 17.6. The van der Waals surface area contributed by atoms with Crippen molar-refractivity contribution in [1.29, 1.82) is 0 Å². The van der Waals surface area contributed by atoms with Crippen molar-refractivity contribution in [3.63, 3.8) is 0 Å². The number of rotatable bonds is 7. The van der Waals surface area contributed by atoms with Crippen LogP contribution in [0.2, 0.25) is 0 Å². The summed E-state index contributed by atoms with van der Waals surface area (Å²) in [7, 11) is 0. The van der Waals surface area contributed by atoms with E-state index in [1.807, 2.05) is 72.5 Å². The minimum atomic E-state index is -1.09. The highest BCUT2D eigenvalue weighted by molar-refractivity contribution is 5.74. The predicted molar refractivity (Wildman–Crippen MR) is 120 cm³/mol. The minimum Gasteiger partial charge on any atom is -0.389 e. The molecule has 31 heavy (non-hydrogen) atoms.